The molecule has 1 amide bonds. The molecule has 0 aliphatic carbocycles. The molecule has 142 valence electrons. The Balaban J connectivity index is 1.64. The first-order chi connectivity index (χ1) is 13.1. The highest BCUT2D eigenvalue weighted by molar-refractivity contribution is 6.06. The van der Waals surface area contributed by atoms with E-state index < -0.39 is 0 Å². The maximum absolute atomic E-state index is 12.9. The molecule has 1 unspecified atom stereocenters. The smallest absolute Gasteiger partial charge is 0.252 e. The molecular formula is C20H25N5O2. The van der Waals surface area contributed by atoms with Crippen molar-refractivity contribution < 1.29 is 9.21 Å². The van der Waals surface area contributed by atoms with Gasteiger partial charge in [-0.15, -0.1) is 0 Å². The highest BCUT2D eigenvalue weighted by atomic mass is 16.3. The highest BCUT2D eigenvalue weighted by Crippen LogP contribution is 2.26. The first-order valence-electron chi connectivity index (χ1n) is 9.54. The van der Waals surface area contributed by atoms with Crippen molar-refractivity contribution >= 4 is 16.9 Å². The fraction of sp³-hybridized carbons (Fsp3) is 0.450. The monoisotopic (exact) mass is 367 g/mol. The molecule has 4 heterocycles. The van der Waals surface area contributed by atoms with E-state index in [1.54, 1.807) is 18.5 Å². The van der Waals surface area contributed by atoms with Gasteiger partial charge in [0.2, 0.25) is 0 Å². The van der Waals surface area contributed by atoms with Crippen LogP contribution in [0.3, 0.4) is 0 Å². The second kappa shape index (κ2) is 7.52. The lowest BCUT2D eigenvalue weighted by Crippen LogP contribution is -2.26. The van der Waals surface area contributed by atoms with Gasteiger partial charge >= 0.3 is 0 Å². The summed E-state index contributed by atoms with van der Waals surface area (Å²) in [6.07, 6.45) is 5.50. The second-order valence-electron chi connectivity index (χ2n) is 7.36. The summed E-state index contributed by atoms with van der Waals surface area (Å²) in [5, 5.41) is 11.6. The standard InChI is InChI=1S/C20H25N5O2/c1-13(2)25-19-16(12-23-25)15(10-17(24-19)18-4-3-9-27-18)20(26)22-8-6-14-5-7-21-11-14/h3-4,9-10,12-14,21H,5-8,11H2,1-2H3,(H,22,26). The average Bonchev–Trinajstić information content (AvgIpc) is 3.40. The fourth-order valence-corrected chi connectivity index (χ4v) is 3.58. The molecule has 1 aliphatic rings. The summed E-state index contributed by atoms with van der Waals surface area (Å²) in [6, 6.07) is 5.60. The number of carbonyl (C=O) groups excluding carboxylic acids is 1. The maximum atomic E-state index is 12.9. The van der Waals surface area contributed by atoms with Gasteiger partial charge in [0.15, 0.2) is 11.4 Å². The normalized spacial score (nSPS) is 17.1. The lowest BCUT2D eigenvalue weighted by Gasteiger charge is -2.11. The number of carbonyl (C=O) groups is 1. The van der Waals surface area contributed by atoms with Crippen LogP contribution in [0.5, 0.6) is 0 Å². The number of nitrogens with zero attached hydrogens (tertiary/aromatic N) is 3. The molecule has 2 N–H and O–H groups in total. The summed E-state index contributed by atoms with van der Waals surface area (Å²) >= 11 is 0. The van der Waals surface area contributed by atoms with Crippen LogP contribution in [0.2, 0.25) is 0 Å². The number of pyridine rings is 1. The summed E-state index contributed by atoms with van der Waals surface area (Å²) in [5.41, 5.74) is 1.92. The SMILES string of the molecule is CC(C)n1ncc2c(C(=O)NCCC3CCNC3)cc(-c3ccco3)nc21. The molecule has 0 bridgehead atoms. The van der Waals surface area contributed by atoms with Crippen molar-refractivity contribution in [3.63, 3.8) is 0 Å². The van der Waals surface area contributed by atoms with Gasteiger partial charge < -0.3 is 15.1 Å². The Hall–Kier alpha value is -2.67. The summed E-state index contributed by atoms with van der Waals surface area (Å²) in [5.74, 6) is 1.19. The summed E-state index contributed by atoms with van der Waals surface area (Å²) in [7, 11) is 0. The van der Waals surface area contributed by atoms with Crippen molar-refractivity contribution in [3.05, 3.63) is 36.2 Å². The van der Waals surface area contributed by atoms with Crippen molar-refractivity contribution in [1.82, 2.24) is 25.4 Å². The number of fused-ring (bicyclic) bond motifs is 1. The molecular weight excluding hydrogens is 342 g/mol. The molecule has 3 aromatic rings. The Kier molecular flexibility index (Phi) is 4.94. The van der Waals surface area contributed by atoms with Crippen molar-refractivity contribution in [1.29, 1.82) is 0 Å². The largest absolute Gasteiger partial charge is 0.463 e. The molecule has 1 atom stereocenters. The number of nitrogens with one attached hydrogen (secondary N) is 2. The van der Waals surface area contributed by atoms with Gasteiger partial charge in [-0.3, -0.25) is 4.79 Å². The van der Waals surface area contributed by atoms with Gasteiger partial charge in [0.05, 0.1) is 23.4 Å². The van der Waals surface area contributed by atoms with Crippen molar-refractivity contribution in [2.24, 2.45) is 5.92 Å². The number of hydrogen-bond donors (Lipinski definition) is 2. The molecule has 0 radical (unpaired) electrons. The molecule has 7 nitrogen and oxygen atoms in total. The molecule has 27 heavy (non-hydrogen) atoms. The number of furan rings is 1. The average molecular weight is 367 g/mol. The van der Waals surface area contributed by atoms with E-state index in [-0.39, 0.29) is 11.9 Å². The zero-order valence-electron chi connectivity index (χ0n) is 15.7. The predicted molar refractivity (Wildman–Crippen MR) is 104 cm³/mol. The van der Waals surface area contributed by atoms with E-state index in [4.69, 9.17) is 9.40 Å². The van der Waals surface area contributed by atoms with E-state index in [2.05, 4.69) is 15.7 Å². The third kappa shape index (κ3) is 3.60. The predicted octanol–water partition coefficient (Wildman–Crippen LogP) is 3.00. The Morgan fingerprint density at radius 1 is 1.48 bits per heavy atom. The van der Waals surface area contributed by atoms with Crippen molar-refractivity contribution in [2.75, 3.05) is 19.6 Å². The highest BCUT2D eigenvalue weighted by Gasteiger charge is 2.20. The van der Waals surface area contributed by atoms with Crippen LogP contribution < -0.4 is 10.6 Å². The summed E-state index contributed by atoms with van der Waals surface area (Å²) in [6.45, 7) is 6.87. The van der Waals surface area contributed by atoms with Crippen LogP contribution >= 0.6 is 0 Å². The quantitative estimate of drug-likeness (QED) is 0.700. The third-order valence-corrected chi connectivity index (χ3v) is 5.07. The molecule has 1 fully saturated rings. The van der Waals surface area contributed by atoms with Crippen LogP contribution in [0.1, 0.15) is 43.1 Å². The van der Waals surface area contributed by atoms with E-state index in [0.717, 1.165) is 24.9 Å². The molecule has 0 spiro atoms. The van der Waals surface area contributed by atoms with E-state index in [1.807, 2.05) is 30.7 Å². The number of amides is 1. The fourth-order valence-electron chi connectivity index (χ4n) is 3.58. The second-order valence-corrected chi connectivity index (χ2v) is 7.36. The van der Waals surface area contributed by atoms with Crippen LogP contribution in [0.15, 0.2) is 35.1 Å². The van der Waals surface area contributed by atoms with E-state index >= 15 is 0 Å². The van der Waals surface area contributed by atoms with Gasteiger partial charge in [0.1, 0.15) is 5.69 Å². The van der Waals surface area contributed by atoms with Gasteiger partial charge in [-0.2, -0.15) is 5.10 Å². The maximum Gasteiger partial charge on any atom is 0.252 e. The first kappa shape index (κ1) is 17.7. The lowest BCUT2D eigenvalue weighted by atomic mass is 10.0. The Morgan fingerprint density at radius 3 is 3.07 bits per heavy atom. The van der Waals surface area contributed by atoms with Gasteiger partial charge in [-0.25, -0.2) is 9.67 Å². The van der Waals surface area contributed by atoms with Crippen LogP contribution in [-0.4, -0.2) is 40.3 Å². The summed E-state index contributed by atoms with van der Waals surface area (Å²) < 4.78 is 7.33. The van der Waals surface area contributed by atoms with E-state index in [9.17, 15) is 4.79 Å². The molecule has 4 rings (SSSR count). The van der Waals surface area contributed by atoms with E-state index in [1.165, 1.54) is 6.42 Å². The Morgan fingerprint density at radius 2 is 2.37 bits per heavy atom. The van der Waals surface area contributed by atoms with Crippen LogP contribution in [0, 0.1) is 5.92 Å². The molecule has 0 aromatic carbocycles. The minimum atomic E-state index is -0.0931. The zero-order chi connectivity index (χ0) is 18.8. The molecule has 7 heteroatoms. The Labute approximate surface area is 158 Å². The minimum absolute atomic E-state index is 0.0931. The number of rotatable bonds is 6. The van der Waals surface area contributed by atoms with Crippen molar-refractivity contribution in [2.45, 2.75) is 32.7 Å². The topological polar surface area (TPSA) is 85.0 Å². The zero-order valence-corrected chi connectivity index (χ0v) is 15.7. The van der Waals surface area contributed by atoms with Crippen LogP contribution in [0.4, 0.5) is 0 Å². The minimum Gasteiger partial charge on any atom is -0.463 e. The van der Waals surface area contributed by atoms with Crippen molar-refractivity contribution in [3.8, 4) is 11.5 Å². The van der Waals surface area contributed by atoms with E-state index in [0.29, 0.717) is 35.1 Å². The molecule has 1 saturated heterocycles. The first-order valence-corrected chi connectivity index (χ1v) is 9.54. The molecule has 3 aromatic heterocycles. The van der Waals surface area contributed by atoms with Crippen LogP contribution in [-0.2, 0) is 0 Å². The summed E-state index contributed by atoms with van der Waals surface area (Å²) in [4.78, 5) is 17.6. The van der Waals surface area contributed by atoms with Gasteiger partial charge in [0, 0.05) is 12.6 Å². The van der Waals surface area contributed by atoms with Gasteiger partial charge in [-0.1, -0.05) is 0 Å². The number of hydrogen-bond acceptors (Lipinski definition) is 5. The number of aromatic nitrogens is 3. The molecule has 1 aliphatic heterocycles. The molecule has 0 saturated carbocycles. The Bertz CT molecular complexity index is 923. The lowest BCUT2D eigenvalue weighted by molar-refractivity contribution is 0.0953. The van der Waals surface area contributed by atoms with Gasteiger partial charge in [-0.05, 0) is 63.9 Å². The third-order valence-electron chi connectivity index (χ3n) is 5.07. The van der Waals surface area contributed by atoms with Crippen LogP contribution in [0.25, 0.3) is 22.5 Å². The van der Waals surface area contributed by atoms with Gasteiger partial charge in [0.25, 0.3) is 5.91 Å².